The zero-order chi connectivity index (χ0) is 8.59. The lowest BCUT2D eigenvalue weighted by molar-refractivity contribution is -0.117. The fourth-order valence-corrected chi connectivity index (χ4v) is 1.77. The second kappa shape index (κ2) is 2.80. The maximum Gasteiger partial charge on any atom is 0.161 e. The molecule has 1 nitrogen and oxygen atoms in total. The lowest BCUT2D eigenvalue weighted by atomic mass is 9.99. The summed E-state index contributed by atoms with van der Waals surface area (Å²) in [6, 6.07) is 0. The predicted octanol–water partition coefficient (Wildman–Crippen LogP) is 2.57. The molecule has 0 aromatic heterocycles. The van der Waals surface area contributed by atoms with E-state index in [1.54, 1.807) is 0 Å². The highest BCUT2D eigenvalue weighted by atomic mass is 16.1. The van der Waals surface area contributed by atoms with Gasteiger partial charge in [-0.15, -0.1) is 0 Å². The molecule has 0 aromatic carbocycles. The van der Waals surface area contributed by atoms with Crippen LogP contribution in [0.1, 0.15) is 34.1 Å². The van der Waals surface area contributed by atoms with Crippen molar-refractivity contribution >= 4 is 5.78 Å². The quantitative estimate of drug-likeness (QED) is 0.564. The summed E-state index contributed by atoms with van der Waals surface area (Å²) in [7, 11) is 0. The summed E-state index contributed by atoms with van der Waals surface area (Å²) in [5.74, 6) is 1.14. The highest BCUT2D eigenvalue weighted by Gasteiger charge is 2.27. The highest BCUT2D eigenvalue weighted by molar-refractivity contribution is 5.99. The molecule has 0 aromatic rings. The Hall–Kier alpha value is -0.590. The fourth-order valence-electron chi connectivity index (χ4n) is 1.77. The molecule has 11 heavy (non-hydrogen) atoms. The Morgan fingerprint density at radius 3 is 2.18 bits per heavy atom. The van der Waals surface area contributed by atoms with Crippen LogP contribution in [0.2, 0.25) is 0 Å². The molecule has 1 atom stereocenters. The van der Waals surface area contributed by atoms with E-state index in [0.29, 0.717) is 11.7 Å². The van der Waals surface area contributed by atoms with E-state index in [-0.39, 0.29) is 5.92 Å². The number of carbonyl (C=O) groups is 1. The maximum atomic E-state index is 11.4. The van der Waals surface area contributed by atoms with E-state index in [1.165, 1.54) is 5.57 Å². The number of hydrogen-bond donors (Lipinski definition) is 0. The van der Waals surface area contributed by atoms with Crippen molar-refractivity contribution in [3.8, 4) is 0 Å². The van der Waals surface area contributed by atoms with Gasteiger partial charge in [0.15, 0.2) is 5.78 Å². The Kier molecular flexibility index (Phi) is 2.17. The van der Waals surface area contributed by atoms with Crippen molar-refractivity contribution in [3.05, 3.63) is 11.1 Å². The van der Waals surface area contributed by atoms with Crippen molar-refractivity contribution < 1.29 is 4.79 Å². The number of ketones is 1. The lowest BCUT2D eigenvalue weighted by Crippen LogP contribution is -2.03. The Balaban J connectivity index is 2.89. The van der Waals surface area contributed by atoms with Gasteiger partial charge in [0.25, 0.3) is 0 Å². The molecule has 1 aliphatic rings. The first-order valence-electron chi connectivity index (χ1n) is 4.28. The second-order valence-corrected chi connectivity index (χ2v) is 3.77. The molecule has 62 valence electrons. The zero-order valence-corrected chi connectivity index (χ0v) is 7.77. The third-order valence-electron chi connectivity index (χ3n) is 2.52. The number of hydrogen-bond acceptors (Lipinski definition) is 1. The van der Waals surface area contributed by atoms with Crippen LogP contribution in [-0.2, 0) is 4.79 Å². The van der Waals surface area contributed by atoms with E-state index in [1.807, 2.05) is 13.8 Å². The van der Waals surface area contributed by atoms with Crippen LogP contribution in [0.25, 0.3) is 0 Å². The van der Waals surface area contributed by atoms with Crippen LogP contribution in [0.15, 0.2) is 11.1 Å². The van der Waals surface area contributed by atoms with Gasteiger partial charge in [-0.05, 0) is 24.8 Å². The molecule has 0 N–H and O–H groups in total. The van der Waals surface area contributed by atoms with E-state index in [0.717, 1.165) is 12.0 Å². The van der Waals surface area contributed by atoms with E-state index in [2.05, 4.69) is 13.8 Å². The molecule has 0 radical (unpaired) electrons. The van der Waals surface area contributed by atoms with Gasteiger partial charge in [-0.25, -0.2) is 0 Å². The van der Waals surface area contributed by atoms with Gasteiger partial charge in [0.05, 0.1) is 0 Å². The number of carbonyl (C=O) groups excluding carboxylic acids is 1. The van der Waals surface area contributed by atoms with Crippen LogP contribution >= 0.6 is 0 Å². The Bertz CT molecular complexity index is 211. The van der Waals surface area contributed by atoms with Crippen LogP contribution in [0.3, 0.4) is 0 Å². The zero-order valence-electron chi connectivity index (χ0n) is 7.77. The van der Waals surface area contributed by atoms with Gasteiger partial charge in [0.2, 0.25) is 0 Å². The first kappa shape index (κ1) is 8.51. The maximum absolute atomic E-state index is 11.4. The van der Waals surface area contributed by atoms with Crippen molar-refractivity contribution in [3.63, 3.8) is 0 Å². The summed E-state index contributed by atoms with van der Waals surface area (Å²) in [6.45, 7) is 8.29. The summed E-state index contributed by atoms with van der Waals surface area (Å²) in [5, 5.41) is 0. The molecule has 0 saturated carbocycles. The van der Waals surface area contributed by atoms with Crippen molar-refractivity contribution in [1.82, 2.24) is 0 Å². The van der Waals surface area contributed by atoms with Crippen LogP contribution in [0, 0.1) is 11.8 Å². The van der Waals surface area contributed by atoms with Gasteiger partial charge in [-0.3, -0.25) is 4.79 Å². The van der Waals surface area contributed by atoms with Gasteiger partial charge >= 0.3 is 0 Å². The van der Waals surface area contributed by atoms with E-state index >= 15 is 0 Å². The minimum absolute atomic E-state index is 0.243. The summed E-state index contributed by atoms with van der Waals surface area (Å²) in [6.07, 6.45) is 0.988. The van der Waals surface area contributed by atoms with Crippen LogP contribution < -0.4 is 0 Å². The summed E-state index contributed by atoms with van der Waals surface area (Å²) >= 11 is 0. The number of rotatable bonds is 1. The molecule has 1 aliphatic carbocycles. The normalized spacial score (nSPS) is 25.5. The minimum Gasteiger partial charge on any atom is -0.294 e. The highest BCUT2D eigenvalue weighted by Crippen LogP contribution is 2.32. The second-order valence-electron chi connectivity index (χ2n) is 3.77. The molecular weight excluding hydrogens is 136 g/mol. The first-order valence-corrected chi connectivity index (χ1v) is 4.28. The van der Waals surface area contributed by atoms with Crippen molar-refractivity contribution in [1.29, 1.82) is 0 Å². The number of Topliss-reactive ketones (excluding diaryl/α,β-unsaturated/α-hetero) is 1. The van der Waals surface area contributed by atoms with Gasteiger partial charge in [-0.1, -0.05) is 26.3 Å². The largest absolute Gasteiger partial charge is 0.294 e. The molecule has 1 rings (SSSR count). The Morgan fingerprint density at radius 2 is 2.00 bits per heavy atom. The van der Waals surface area contributed by atoms with Crippen LogP contribution in [0.4, 0.5) is 0 Å². The van der Waals surface area contributed by atoms with Crippen molar-refractivity contribution in [2.24, 2.45) is 11.8 Å². The minimum atomic E-state index is 0.243. The first-order chi connectivity index (χ1) is 5.04. The third-order valence-corrected chi connectivity index (χ3v) is 2.52. The third kappa shape index (κ3) is 1.37. The molecular formula is C10H16O. The van der Waals surface area contributed by atoms with Crippen LogP contribution in [0.5, 0.6) is 0 Å². The Labute approximate surface area is 68.5 Å². The summed E-state index contributed by atoms with van der Waals surface area (Å²) in [5.41, 5.74) is 2.38. The van der Waals surface area contributed by atoms with Crippen molar-refractivity contribution in [2.45, 2.75) is 34.1 Å². The monoisotopic (exact) mass is 152 g/mol. The van der Waals surface area contributed by atoms with E-state index in [9.17, 15) is 4.79 Å². The fraction of sp³-hybridized carbons (Fsp3) is 0.700. The molecule has 0 spiro atoms. The average Bonchev–Trinajstić information content (AvgIpc) is 2.17. The molecule has 0 aliphatic heterocycles. The van der Waals surface area contributed by atoms with Crippen LogP contribution in [-0.4, -0.2) is 5.78 Å². The summed E-state index contributed by atoms with van der Waals surface area (Å²) in [4.78, 5) is 11.4. The molecule has 1 unspecified atom stereocenters. The van der Waals surface area contributed by atoms with E-state index < -0.39 is 0 Å². The summed E-state index contributed by atoms with van der Waals surface area (Å²) < 4.78 is 0. The van der Waals surface area contributed by atoms with Gasteiger partial charge in [0.1, 0.15) is 0 Å². The smallest absolute Gasteiger partial charge is 0.161 e. The SMILES string of the molecule is CC1=C(C(C)C)CC(C)C1=O. The Morgan fingerprint density at radius 1 is 1.45 bits per heavy atom. The lowest BCUT2D eigenvalue weighted by Gasteiger charge is -2.06. The number of allylic oxidation sites excluding steroid dienone is 2. The standard InChI is InChI=1S/C10H16O/c1-6(2)9-5-7(3)10(11)8(9)4/h6-7H,5H2,1-4H3. The average molecular weight is 152 g/mol. The molecule has 0 saturated heterocycles. The molecule has 1 heteroatoms. The topological polar surface area (TPSA) is 17.1 Å². The van der Waals surface area contributed by atoms with E-state index in [4.69, 9.17) is 0 Å². The van der Waals surface area contributed by atoms with Crippen molar-refractivity contribution in [2.75, 3.05) is 0 Å². The van der Waals surface area contributed by atoms with Gasteiger partial charge in [0, 0.05) is 5.92 Å². The van der Waals surface area contributed by atoms with Gasteiger partial charge < -0.3 is 0 Å². The molecule has 0 amide bonds. The van der Waals surface area contributed by atoms with Gasteiger partial charge in [-0.2, -0.15) is 0 Å². The predicted molar refractivity (Wildman–Crippen MR) is 46.3 cm³/mol. The molecule has 0 fully saturated rings. The molecule has 0 bridgehead atoms. The molecule has 0 heterocycles.